The van der Waals surface area contributed by atoms with Crippen molar-refractivity contribution in [2.45, 2.75) is 12.8 Å². The van der Waals surface area contributed by atoms with Gasteiger partial charge >= 0.3 is 7.12 Å². The molecule has 10 heteroatoms. The molecule has 0 bridgehead atoms. The van der Waals surface area contributed by atoms with Gasteiger partial charge in [-0.15, -0.1) is 0 Å². The maximum absolute atomic E-state index is 11.3. The highest BCUT2D eigenvalue weighted by Gasteiger charge is 2.39. The normalized spacial score (nSPS) is 18.5. The SMILES string of the molecule is NC=C1C(=Nc2ccccc2)CCC([N+](=O)[O-])=C1B(ON)ON. The van der Waals surface area contributed by atoms with Gasteiger partial charge in [0.25, 0.3) is 0 Å². The van der Waals surface area contributed by atoms with Gasteiger partial charge in [0, 0.05) is 24.6 Å². The van der Waals surface area contributed by atoms with Crippen molar-refractivity contribution in [3.8, 4) is 0 Å². The number of hydrogen-bond acceptors (Lipinski definition) is 8. The summed E-state index contributed by atoms with van der Waals surface area (Å²) >= 11 is 0. The topological polar surface area (TPSA) is 152 Å². The molecule has 1 aromatic rings. The summed E-state index contributed by atoms with van der Waals surface area (Å²) < 4.78 is 9.18. The predicted octanol–water partition coefficient (Wildman–Crippen LogP) is 0.734. The largest absolute Gasteiger partial charge is 0.535 e. The molecule has 0 aliphatic heterocycles. The van der Waals surface area contributed by atoms with Crippen molar-refractivity contribution in [3.63, 3.8) is 0 Å². The lowest BCUT2D eigenvalue weighted by molar-refractivity contribution is -0.428. The van der Waals surface area contributed by atoms with Crippen molar-refractivity contribution in [3.05, 3.63) is 63.4 Å². The average molecular weight is 317 g/mol. The fourth-order valence-corrected chi connectivity index (χ4v) is 2.40. The van der Waals surface area contributed by atoms with E-state index in [1.54, 1.807) is 0 Å². The zero-order valence-corrected chi connectivity index (χ0v) is 12.2. The molecule has 1 aromatic carbocycles. The second kappa shape index (κ2) is 7.65. The van der Waals surface area contributed by atoms with Crippen LogP contribution < -0.4 is 17.5 Å². The lowest BCUT2D eigenvalue weighted by atomic mass is 9.68. The van der Waals surface area contributed by atoms with Crippen LogP contribution in [-0.2, 0) is 9.51 Å². The third kappa shape index (κ3) is 3.63. The Hall–Kier alpha value is -2.53. The summed E-state index contributed by atoms with van der Waals surface area (Å²) in [6.07, 6.45) is 1.69. The Morgan fingerprint density at radius 2 is 1.87 bits per heavy atom. The van der Waals surface area contributed by atoms with Gasteiger partial charge in [-0.25, -0.2) is 11.8 Å². The maximum Gasteiger partial charge on any atom is 0.535 e. The molecule has 120 valence electrons. The van der Waals surface area contributed by atoms with Gasteiger partial charge in [0.2, 0.25) is 5.70 Å². The molecule has 0 radical (unpaired) electrons. The zero-order valence-electron chi connectivity index (χ0n) is 12.2. The summed E-state index contributed by atoms with van der Waals surface area (Å²) in [6.45, 7) is 0. The Balaban J connectivity index is 2.53. The van der Waals surface area contributed by atoms with Crippen LogP contribution in [0.3, 0.4) is 0 Å². The van der Waals surface area contributed by atoms with Crippen molar-refractivity contribution in [2.75, 3.05) is 0 Å². The summed E-state index contributed by atoms with van der Waals surface area (Å²) in [5.41, 5.74) is 7.20. The van der Waals surface area contributed by atoms with E-state index >= 15 is 0 Å². The quantitative estimate of drug-likeness (QED) is 0.411. The van der Waals surface area contributed by atoms with Crippen LogP contribution in [-0.4, -0.2) is 17.8 Å². The average Bonchev–Trinajstić information content (AvgIpc) is 2.57. The summed E-state index contributed by atoms with van der Waals surface area (Å²) in [5.74, 6) is 10.2. The molecule has 0 fully saturated rings. The number of nitrogens with two attached hydrogens (primary N) is 3. The van der Waals surface area contributed by atoms with E-state index in [2.05, 4.69) is 14.5 Å². The standard InChI is InChI=1S/C13H16BN5O4/c15-8-10-11(18-9-4-2-1-3-5-9)6-7-12(19(20)21)13(10)14(22-16)23-17/h1-5,8H,6-7,15-17H2. The molecule has 0 saturated heterocycles. The Labute approximate surface area is 132 Å². The summed E-state index contributed by atoms with van der Waals surface area (Å²) in [6, 6.07) is 9.15. The lowest BCUT2D eigenvalue weighted by Gasteiger charge is -2.21. The first-order valence-corrected chi connectivity index (χ1v) is 6.76. The molecule has 0 spiro atoms. The van der Waals surface area contributed by atoms with E-state index in [9.17, 15) is 10.1 Å². The first-order valence-electron chi connectivity index (χ1n) is 6.76. The molecule has 0 atom stereocenters. The number of aliphatic imine (C=N–C) groups is 1. The minimum absolute atomic E-state index is 0.0726. The van der Waals surface area contributed by atoms with E-state index in [-0.39, 0.29) is 17.6 Å². The molecule has 1 aliphatic carbocycles. The van der Waals surface area contributed by atoms with Gasteiger partial charge in [-0.2, -0.15) is 0 Å². The van der Waals surface area contributed by atoms with Crippen LogP contribution >= 0.6 is 0 Å². The molecular weight excluding hydrogens is 301 g/mol. The first-order chi connectivity index (χ1) is 11.1. The highest BCUT2D eigenvalue weighted by molar-refractivity contribution is 6.56. The lowest BCUT2D eigenvalue weighted by Crippen LogP contribution is -2.37. The van der Waals surface area contributed by atoms with Crippen molar-refractivity contribution in [2.24, 2.45) is 22.5 Å². The second-order valence-electron chi connectivity index (χ2n) is 4.70. The summed E-state index contributed by atoms with van der Waals surface area (Å²) in [5, 5.41) is 11.3. The number of nitrogens with zero attached hydrogens (tertiary/aromatic N) is 2. The van der Waals surface area contributed by atoms with Crippen molar-refractivity contribution in [1.82, 2.24) is 0 Å². The van der Waals surface area contributed by atoms with Crippen LogP contribution in [0.5, 0.6) is 0 Å². The van der Waals surface area contributed by atoms with Crippen molar-refractivity contribution >= 4 is 18.5 Å². The number of nitro groups is 1. The predicted molar refractivity (Wildman–Crippen MR) is 85.4 cm³/mol. The second-order valence-corrected chi connectivity index (χ2v) is 4.70. The van der Waals surface area contributed by atoms with Gasteiger partial charge in [-0.1, -0.05) is 18.2 Å². The Bertz CT molecular complexity index is 670. The molecule has 0 heterocycles. The van der Waals surface area contributed by atoms with Gasteiger partial charge < -0.3 is 15.2 Å². The Morgan fingerprint density at radius 3 is 2.39 bits per heavy atom. The molecular formula is C13H16BN5O4. The molecule has 6 N–H and O–H groups in total. The van der Waals surface area contributed by atoms with E-state index in [4.69, 9.17) is 17.5 Å². The van der Waals surface area contributed by atoms with Crippen molar-refractivity contribution in [1.29, 1.82) is 0 Å². The van der Waals surface area contributed by atoms with E-state index < -0.39 is 12.0 Å². The smallest absolute Gasteiger partial charge is 0.404 e. The molecule has 0 aromatic heterocycles. The van der Waals surface area contributed by atoms with Gasteiger partial charge in [0.15, 0.2) is 0 Å². The van der Waals surface area contributed by atoms with Crippen LogP contribution in [0.1, 0.15) is 12.8 Å². The molecule has 0 saturated carbocycles. The van der Waals surface area contributed by atoms with Crippen LogP contribution in [0.25, 0.3) is 0 Å². The molecule has 9 nitrogen and oxygen atoms in total. The van der Waals surface area contributed by atoms with E-state index in [0.29, 0.717) is 23.4 Å². The van der Waals surface area contributed by atoms with Crippen LogP contribution in [0, 0.1) is 10.1 Å². The summed E-state index contributed by atoms with van der Waals surface area (Å²) in [7, 11) is -1.31. The number of allylic oxidation sites excluding steroid dienone is 3. The van der Waals surface area contributed by atoms with Gasteiger partial charge in [-0.3, -0.25) is 15.1 Å². The maximum atomic E-state index is 11.3. The highest BCUT2D eigenvalue weighted by atomic mass is 16.7. The molecule has 0 unspecified atom stereocenters. The van der Waals surface area contributed by atoms with Gasteiger partial charge in [0.1, 0.15) is 0 Å². The third-order valence-electron chi connectivity index (χ3n) is 3.40. The van der Waals surface area contributed by atoms with Gasteiger partial charge in [0.05, 0.1) is 21.8 Å². The molecule has 23 heavy (non-hydrogen) atoms. The van der Waals surface area contributed by atoms with Crippen LogP contribution in [0.2, 0.25) is 0 Å². The Morgan fingerprint density at radius 1 is 1.22 bits per heavy atom. The van der Waals surface area contributed by atoms with E-state index in [1.165, 1.54) is 6.20 Å². The Kier molecular flexibility index (Phi) is 5.60. The number of hydrogen-bond donors (Lipinski definition) is 3. The third-order valence-corrected chi connectivity index (χ3v) is 3.40. The first kappa shape index (κ1) is 16.8. The van der Waals surface area contributed by atoms with Crippen LogP contribution in [0.4, 0.5) is 5.69 Å². The van der Waals surface area contributed by atoms with Crippen molar-refractivity contribution < 1.29 is 14.4 Å². The fourth-order valence-electron chi connectivity index (χ4n) is 2.40. The number of rotatable bonds is 5. The van der Waals surface area contributed by atoms with E-state index in [1.807, 2.05) is 30.3 Å². The van der Waals surface area contributed by atoms with Crippen LogP contribution in [0.15, 0.2) is 58.3 Å². The molecule has 2 rings (SSSR count). The number of para-hydroxylation sites is 1. The monoisotopic (exact) mass is 317 g/mol. The van der Waals surface area contributed by atoms with E-state index in [0.717, 1.165) is 0 Å². The molecule has 1 aliphatic rings. The highest BCUT2D eigenvalue weighted by Crippen LogP contribution is 2.31. The minimum atomic E-state index is -1.31. The summed E-state index contributed by atoms with van der Waals surface area (Å²) in [4.78, 5) is 15.2. The number of benzene rings is 1. The van der Waals surface area contributed by atoms with Gasteiger partial charge in [-0.05, 0) is 12.1 Å². The molecule has 0 amide bonds. The fraction of sp³-hybridized carbons (Fsp3) is 0.154. The zero-order chi connectivity index (χ0) is 16.8. The minimum Gasteiger partial charge on any atom is -0.404 e.